The Hall–Kier alpha value is -2.18. The molecule has 0 radical (unpaired) electrons. The van der Waals surface area contributed by atoms with Crippen LogP contribution in [-0.2, 0) is 4.79 Å². The van der Waals surface area contributed by atoms with E-state index in [0.717, 1.165) is 21.5 Å². The van der Waals surface area contributed by atoms with Crippen molar-refractivity contribution in [3.8, 4) is 17.0 Å². The maximum absolute atomic E-state index is 12.1. The molecule has 1 N–H and O–H groups in total. The van der Waals surface area contributed by atoms with Crippen molar-refractivity contribution in [2.75, 3.05) is 11.9 Å². The zero-order valence-corrected chi connectivity index (χ0v) is 16.8. The summed E-state index contributed by atoms with van der Waals surface area (Å²) in [5.74, 6) is 0.782. The summed E-state index contributed by atoms with van der Waals surface area (Å²) in [6.45, 7) is 2.55. The molecule has 0 aliphatic carbocycles. The van der Waals surface area contributed by atoms with E-state index in [-0.39, 0.29) is 5.91 Å². The summed E-state index contributed by atoms with van der Waals surface area (Å²) in [6, 6.07) is 15.8. The fourth-order valence-electron chi connectivity index (χ4n) is 2.32. The number of hydrogen-bond donors (Lipinski definition) is 1. The van der Waals surface area contributed by atoms with Gasteiger partial charge in [0.1, 0.15) is 5.75 Å². The molecule has 2 aromatic carbocycles. The van der Waals surface area contributed by atoms with Crippen LogP contribution in [0, 0.1) is 6.92 Å². The normalized spacial score (nSPS) is 10.5. The molecular weight excluding hydrogens is 412 g/mol. The van der Waals surface area contributed by atoms with E-state index in [1.54, 1.807) is 0 Å². The number of aryl methyl sites for hydroxylation is 1. The van der Waals surface area contributed by atoms with Crippen LogP contribution in [-0.4, -0.2) is 17.5 Å². The summed E-state index contributed by atoms with van der Waals surface area (Å²) in [6.07, 6.45) is 1.06. The minimum atomic E-state index is -0.0470. The quantitative estimate of drug-likeness (QED) is 0.490. The molecule has 0 saturated carbocycles. The molecule has 1 amide bonds. The van der Waals surface area contributed by atoms with E-state index in [1.807, 2.05) is 60.8 Å². The minimum Gasteiger partial charge on any atom is -0.494 e. The predicted molar refractivity (Wildman–Crippen MR) is 110 cm³/mol. The van der Waals surface area contributed by atoms with Crippen molar-refractivity contribution in [3.63, 3.8) is 0 Å². The second-order valence-corrected chi connectivity index (χ2v) is 7.63. The second kappa shape index (κ2) is 8.96. The third kappa shape index (κ3) is 5.41. The SMILES string of the molecule is Cc1ccc(OCCCC(=O)Nc2nc(-c3ccc(Br)cc3)cs2)cc1. The van der Waals surface area contributed by atoms with E-state index >= 15 is 0 Å². The van der Waals surface area contributed by atoms with E-state index in [4.69, 9.17) is 4.74 Å². The molecule has 134 valence electrons. The highest BCUT2D eigenvalue weighted by atomic mass is 79.9. The largest absolute Gasteiger partial charge is 0.494 e. The lowest BCUT2D eigenvalue weighted by atomic mass is 10.2. The Morgan fingerprint density at radius 3 is 2.62 bits per heavy atom. The second-order valence-electron chi connectivity index (χ2n) is 5.86. The smallest absolute Gasteiger partial charge is 0.226 e. The number of thiazole rings is 1. The first-order chi connectivity index (χ1) is 12.6. The van der Waals surface area contributed by atoms with Gasteiger partial charge in [-0.15, -0.1) is 11.3 Å². The molecule has 0 atom stereocenters. The van der Waals surface area contributed by atoms with Crippen LogP contribution in [0.1, 0.15) is 18.4 Å². The molecule has 0 fully saturated rings. The van der Waals surface area contributed by atoms with Gasteiger partial charge >= 0.3 is 0 Å². The lowest BCUT2D eigenvalue weighted by Crippen LogP contribution is -2.12. The molecule has 3 aromatic rings. The van der Waals surface area contributed by atoms with Crippen LogP contribution < -0.4 is 10.1 Å². The molecule has 0 aliphatic rings. The number of hydrogen-bond acceptors (Lipinski definition) is 4. The highest BCUT2D eigenvalue weighted by Gasteiger charge is 2.08. The molecule has 0 spiro atoms. The van der Waals surface area contributed by atoms with Crippen LogP contribution >= 0.6 is 27.3 Å². The summed E-state index contributed by atoms with van der Waals surface area (Å²) in [5.41, 5.74) is 3.08. The van der Waals surface area contributed by atoms with Gasteiger partial charge in [-0.25, -0.2) is 4.98 Å². The van der Waals surface area contributed by atoms with Gasteiger partial charge in [0, 0.05) is 21.8 Å². The van der Waals surface area contributed by atoms with Crippen LogP contribution in [0.5, 0.6) is 5.75 Å². The summed E-state index contributed by atoms with van der Waals surface area (Å²) in [5, 5.41) is 5.41. The first kappa shape index (κ1) is 18.6. The maximum Gasteiger partial charge on any atom is 0.226 e. The van der Waals surface area contributed by atoms with Crippen molar-refractivity contribution in [1.29, 1.82) is 0 Å². The van der Waals surface area contributed by atoms with Gasteiger partial charge in [0.2, 0.25) is 5.91 Å². The molecule has 1 heterocycles. The zero-order valence-electron chi connectivity index (χ0n) is 14.4. The topological polar surface area (TPSA) is 51.2 Å². The number of aromatic nitrogens is 1. The van der Waals surface area contributed by atoms with Gasteiger partial charge in [0.05, 0.1) is 12.3 Å². The minimum absolute atomic E-state index is 0.0470. The first-order valence-electron chi connectivity index (χ1n) is 8.31. The van der Waals surface area contributed by atoms with Crippen LogP contribution in [0.3, 0.4) is 0 Å². The lowest BCUT2D eigenvalue weighted by molar-refractivity contribution is -0.116. The van der Waals surface area contributed by atoms with Gasteiger partial charge in [-0.3, -0.25) is 4.79 Å². The molecule has 4 nitrogen and oxygen atoms in total. The average molecular weight is 431 g/mol. The summed E-state index contributed by atoms with van der Waals surface area (Å²) >= 11 is 4.85. The Kier molecular flexibility index (Phi) is 6.41. The molecular formula is C20H19BrN2O2S. The third-order valence-electron chi connectivity index (χ3n) is 3.73. The highest BCUT2D eigenvalue weighted by Crippen LogP contribution is 2.26. The van der Waals surface area contributed by atoms with Gasteiger partial charge in [0.15, 0.2) is 5.13 Å². The molecule has 3 rings (SSSR count). The summed E-state index contributed by atoms with van der Waals surface area (Å²) in [7, 11) is 0. The molecule has 0 aliphatic heterocycles. The number of carbonyl (C=O) groups is 1. The number of anilines is 1. The number of rotatable bonds is 7. The Balaban J connectivity index is 1.43. The molecule has 0 unspecified atom stereocenters. The van der Waals surface area contributed by atoms with E-state index in [0.29, 0.717) is 24.6 Å². The molecule has 1 aromatic heterocycles. The van der Waals surface area contributed by atoms with E-state index in [2.05, 4.69) is 26.2 Å². The van der Waals surface area contributed by atoms with Crippen molar-refractivity contribution < 1.29 is 9.53 Å². The Labute approximate surface area is 165 Å². The fraction of sp³-hybridized carbons (Fsp3) is 0.200. The van der Waals surface area contributed by atoms with Crippen LogP contribution in [0.15, 0.2) is 58.4 Å². The van der Waals surface area contributed by atoms with E-state index in [1.165, 1.54) is 16.9 Å². The van der Waals surface area contributed by atoms with E-state index < -0.39 is 0 Å². The molecule has 26 heavy (non-hydrogen) atoms. The monoisotopic (exact) mass is 430 g/mol. The highest BCUT2D eigenvalue weighted by molar-refractivity contribution is 9.10. The Morgan fingerprint density at radius 2 is 1.88 bits per heavy atom. The number of nitrogens with zero attached hydrogens (tertiary/aromatic N) is 1. The van der Waals surface area contributed by atoms with Crippen LogP contribution in [0.4, 0.5) is 5.13 Å². The predicted octanol–water partition coefficient (Wildman–Crippen LogP) is 5.68. The fourth-order valence-corrected chi connectivity index (χ4v) is 3.32. The van der Waals surface area contributed by atoms with Gasteiger partial charge in [-0.2, -0.15) is 0 Å². The number of ether oxygens (including phenoxy) is 1. The number of benzene rings is 2. The maximum atomic E-state index is 12.1. The van der Waals surface area contributed by atoms with Crippen molar-refractivity contribution in [3.05, 3.63) is 63.9 Å². The van der Waals surface area contributed by atoms with Crippen LogP contribution in [0.2, 0.25) is 0 Å². The first-order valence-corrected chi connectivity index (χ1v) is 9.98. The van der Waals surface area contributed by atoms with Gasteiger partial charge in [-0.05, 0) is 37.6 Å². The van der Waals surface area contributed by atoms with Gasteiger partial charge in [0.25, 0.3) is 0 Å². The number of halogens is 1. The Morgan fingerprint density at radius 1 is 1.15 bits per heavy atom. The Bertz CT molecular complexity index is 860. The van der Waals surface area contributed by atoms with Crippen LogP contribution in [0.25, 0.3) is 11.3 Å². The van der Waals surface area contributed by atoms with Crippen molar-refractivity contribution in [2.45, 2.75) is 19.8 Å². The van der Waals surface area contributed by atoms with Crippen molar-refractivity contribution >= 4 is 38.3 Å². The lowest BCUT2D eigenvalue weighted by Gasteiger charge is -2.06. The summed E-state index contributed by atoms with van der Waals surface area (Å²) < 4.78 is 6.66. The number of amides is 1. The summed E-state index contributed by atoms with van der Waals surface area (Å²) in [4.78, 5) is 16.5. The standard InChI is InChI=1S/C20H19BrN2O2S/c1-14-4-10-17(11-5-14)25-12-2-3-19(24)23-20-22-18(13-26-20)15-6-8-16(21)9-7-15/h4-11,13H,2-3,12H2,1H3,(H,22,23,24). The average Bonchev–Trinajstić information content (AvgIpc) is 3.09. The zero-order chi connectivity index (χ0) is 18.4. The molecule has 0 bridgehead atoms. The number of nitrogens with one attached hydrogen (secondary N) is 1. The van der Waals surface area contributed by atoms with Crippen molar-refractivity contribution in [2.24, 2.45) is 0 Å². The third-order valence-corrected chi connectivity index (χ3v) is 5.01. The molecule has 0 saturated heterocycles. The van der Waals surface area contributed by atoms with E-state index in [9.17, 15) is 4.79 Å². The van der Waals surface area contributed by atoms with Gasteiger partial charge < -0.3 is 10.1 Å². The van der Waals surface area contributed by atoms with Crippen molar-refractivity contribution in [1.82, 2.24) is 4.98 Å². The van der Waals surface area contributed by atoms with Gasteiger partial charge in [-0.1, -0.05) is 45.8 Å². The number of carbonyl (C=O) groups excluding carboxylic acids is 1. The molecule has 6 heteroatoms.